The van der Waals surface area contributed by atoms with Crippen LogP contribution in [-0.2, 0) is 11.4 Å². The molecule has 1 saturated heterocycles. The van der Waals surface area contributed by atoms with Crippen LogP contribution in [0.2, 0.25) is 0 Å². The second kappa shape index (κ2) is 11.4. The van der Waals surface area contributed by atoms with Gasteiger partial charge in [0.1, 0.15) is 6.61 Å². The smallest absolute Gasteiger partial charge is 0.335 e. The number of hydrogen-bond acceptors (Lipinski definition) is 6. The van der Waals surface area contributed by atoms with Gasteiger partial charge in [-0.05, 0) is 66.6 Å². The van der Waals surface area contributed by atoms with E-state index in [2.05, 4.69) is 15.9 Å². The molecule has 0 spiro atoms. The number of hydrogen-bond donors (Lipinski definition) is 1. The molecule has 0 bridgehead atoms. The number of benzene rings is 2. The second-order valence-electron chi connectivity index (χ2n) is 7.23. The first kappa shape index (κ1) is 24.9. The highest BCUT2D eigenvalue weighted by Gasteiger charge is 2.34. The molecule has 9 heteroatoms. The second-order valence-corrected chi connectivity index (χ2v) is 9.08. The van der Waals surface area contributed by atoms with Crippen molar-refractivity contribution in [1.82, 2.24) is 4.90 Å². The Hall–Kier alpha value is -2.78. The van der Waals surface area contributed by atoms with Crippen molar-refractivity contribution in [3.8, 4) is 11.5 Å². The molecule has 0 aliphatic carbocycles. The normalized spacial score (nSPS) is 14.8. The number of ether oxygens (including phenoxy) is 2. The molecule has 1 fully saturated rings. The Kier molecular flexibility index (Phi) is 8.57. The highest BCUT2D eigenvalue weighted by molar-refractivity contribution is 9.10. The lowest BCUT2D eigenvalue weighted by atomic mass is 10.1. The quantitative estimate of drug-likeness (QED) is 0.376. The monoisotopic (exact) mass is 533 g/mol. The molecule has 0 saturated carbocycles. The van der Waals surface area contributed by atoms with E-state index in [1.807, 2.05) is 13.8 Å². The highest BCUT2D eigenvalue weighted by Crippen LogP contribution is 2.38. The molecule has 0 unspecified atom stereocenters. The van der Waals surface area contributed by atoms with Crippen LogP contribution in [0, 0.1) is 0 Å². The van der Waals surface area contributed by atoms with Gasteiger partial charge in [-0.15, -0.1) is 0 Å². The van der Waals surface area contributed by atoms with Crippen LogP contribution >= 0.6 is 27.7 Å². The Labute approximate surface area is 204 Å². The molecule has 174 valence electrons. The first-order valence-corrected chi connectivity index (χ1v) is 12.1. The molecule has 0 radical (unpaired) electrons. The van der Waals surface area contributed by atoms with Crippen LogP contribution in [0.15, 0.2) is 45.8 Å². The molecular weight excluding hydrogens is 510 g/mol. The number of carbonyl (C=O) groups is 3. The van der Waals surface area contributed by atoms with E-state index < -0.39 is 5.97 Å². The van der Waals surface area contributed by atoms with Crippen LogP contribution in [0.1, 0.15) is 48.2 Å². The predicted molar refractivity (Wildman–Crippen MR) is 131 cm³/mol. The first-order chi connectivity index (χ1) is 15.8. The van der Waals surface area contributed by atoms with Gasteiger partial charge >= 0.3 is 5.97 Å². The number of unbranched alkanes of at least 4 members (excludes halogenated alkanes) is 1. The Bertz CT molecular complexity index is 1080. The number of carboxylic acids is 1. The van der Waals surface area contributed by atoms with E-state index in [4.69, 9.17) is 14.6 Å². The van der Waals surface area contributed by atoms with Crippen molar-refractivity contribution in [3.63, 3.8) is 0 Å². The molecule has 3 rings (SSSR count). The van der Waals surface area contributed by atoms with Crippen molar-refractivity contribution in [2.75, 3.05) is 13.2 Å². The summed E-state index contributed by atoms with van der Waals surface area (Å²) in [6.45, 7) is 4.93. The minimum absolute atomic E-state index is 0.208. The van der Waals surface area contributed by atoms with E-state index >= 15 is 0 Å². The summed E-state index contributed by atoms with van der Waals surface area (Å²) in [6.07, 6.45) is 3.35. The Morgan fingerprint density at radius 2 is 1.82 bits per heavy atom. The summed E-state index contributed by atoms with van der Waals surface area (Å²) in [4.78, 5) is 37.5. The summed E-state index contributed by atoms with van der Waals surface area (Å²) in [5, 5.41) is 8.76. The maximum Gasteiger partial charge on any atom is 0.335 e. The molecule has 7 nitrogen and oxygen atoms in total. The third-order valence-electron chi connectivity index (χ3n) is 4.85. The highest BCUT2D eigenvalue weighted by atomic mass is 79.9. The average molecular weight is 534 g/mol. The van der Waals surface area contributed by atoms with Crippen LogP contribution in [0.3, 0.4) is 0 Å². The van der Waals surface area contributed by atoms with Crippen molar-refractivity contribution in [1.29, 1.82) is 0 Å². The maximum atomic E-state index is 12.6. The average Bonchev–Trinajstić information content (AvgIpc) is 3.06. The van der Waals surface area contributed by atoms with E-state index in [1.165, 1.54) is 17.0 Å². The number of amides is 2. The molecule has 1 aliphatic rings. The number of imide groups is 1. The number of carbonyl (C=O) groups excluding carboxylic acids is 2. The first-order valence-electron chi connectivity index (χ1n) is 10.5. The van der Waals surface area contributed by atoms with Gasteiger partial charge in [-0.2, -0.15) is 0 Å². The number of carboxylic acid groups (broad SMARTS) is 1. The van der Waals surface area contributed by atoms with Gasteiger partial charge in [-0.25, -0.2) is 4.79 Å². The van der Waals surface area contributed by atoms with Gasteiger partial charge in [0.25, 0.3) is 11.1 Å². The van der Waals surface area contributed by atoms with Crippen molar-refractivity contribution < 1.29 is 29.0 Å². The fourth-order valence-electron chi connectivity index (χ4n) is 3.10. The molecule has 1 N–H and O–H groups in total. The van der Waals surface area contributed by atoms with Gasteiger partial charge in [0.2, 0.25) is 0 Å². The Morgan fingerprint density at radius 1 is 1.12 bits per heavy atom. The summed E-state index contributed by atoms with van der Waals surface area (Å²) >= 11 is 4.45. The molecule has 33 heavy (non-hydrogen) atoms. The Balaban J connectivity index is 1.80. The van der Waals surface area contributed by atoms with Gasteiger partial charge in [-0.1, -0.05) is 41.4 Å². The van der Waals surface area contributed by atoms with Crippen LogP contribution in [-0.4, -0.2) is 40.3 Å². The number of rotatable bonds is 10. The van der Waals surface area contributed by atoms with Crippen molar-refractivity contribution in [2.45, 2.75) is 33.3 Å². The van der Waals surface area contributed by atoms with Crippen LogP contribution < -0.4 is 9.47 Å². The zero-order valence-corrected chi connectivity index (χ0v) is 20.7. The van der Waals surface area contributed by atoms with Crippen LogP contribution in [0.25, 0.3) is 6.08 Å². The van der Waals surface area contributed by atoms with Crippen molar-refractivity contribution in [3.05, 3.63) is 62.5 Å². The van der Waals surface area contributed by atoms with E-state index in [-0.39, 0.29) is 23.3 Å². The van der Waals surface area contributed by atoms with Gasteiger partial charge in [-0.3, -0.25) is 14.5 Å². The third kappa shape index (κ3) is 6.17. The number of aromatic carboxylic acids is 1. The van der Waals surface area contributed by atoms with E-state index in [1.54, 1.807) is 30.3 Å². The van der Waals surface area contributed by atoms with E-state index in [0.29, 0.717) is 39.6 Å². The largest absolute Gasteiger partial charge is 0.490 e. The zero-order chi connectivity index (χ0) is 24.0. The lowest BCUT2D eigenvalue weighted by molar-refractivity contribution is -0.122. The fraction of sp³-hybridized carbons (Fsp3) is 0.292. The summed E-state index contributed by atoms with van der Waals surface area (Å²) in [5.74, 6) is -0.268. The maximum absolute atomic E-state index is 12.6. The van der Waals surface area contributed by atoms with Gasteiger partial charge in [0.15, 0.2) is 11.5 Å². The lowest BCUT2D eigenvalue weighted by Crippen LogP contribution is -2.29. The summed E-state index contributed by atoms with van der Waals surface area (Å²) < 4.78 is 12.3. The topological polar surface area (TPSA) is 93.1 Å². The van der Waals surface area contributed by atoms with E-state index in [9.17, 15) is 14.4 Å². The van der Waals surface area contributed by atoms with Crippen LogP contribution in [0.5, 0.6) is 11.5 Å². The summed E-state index contributed by atoms with van der Waals surface area (Å²) in [5.41, 5.74) is 1.71. The molecule has 2 aromatic carbocycles. The SMILES string of the molecule is CCCCN1C(=O)S/C(=C\c2cc(OCC)c(OCc3ccc(C(=O)O)cc3)cc2Br)C1=O. The summed E-state index contributed by atoms with van der Waals surface area (Å²) in [6, 6.07) is 9.96. The third-order valence-corrected chi connectivity index (χ3v) is 6.45. The standard InChI is InChI=1S/C24H24BrNO6S/c1-3-5-10-26-22(27)21(33-24(26)30)12-17-11-19(31-4-2)20(13-18(17)25)32-14-15-6-8-16(9-7-15)23(28)29/h6-9,11-13H,3-5,10,14H2,1-2H3,(H,28,29)/b21-12-. The zero-order valence-electron chi connectivity index (χ0n) is 18.3. The molecule has 1 aliphatic heterocycles. The molecule has 2 aromatic rings. The minimum atomic E-state index is -0.983. The molecule has 0 aromatic heterocycles. The molecule has 0 atom stereocenters. The molecule has 1 heterocycles. The van der Waals surface area contributed by atoms with Gasteiger partial charge < -0.3 is 14.6 Å². The molecular formula is C24H24BrNO6S. The molecule has 2 amide bonds. The number of thioether (sulfide) groups is 1. The summed E-state index contributed by atoms with van der Waals surface area (Å²) in [7, 11) is 0. The van der Waals surface area contributed by atoms with Gasteiger partial charge in [0.05, 0.1) is 17.1 Å². The minimum Gasteiger partial charge on any atom is -0.490 e. The van der Waals surface area contributed by atoms with Crippen molar-refractivity contribution in [2.24, 2.45) is 0 Å². The van der Waals surface area contributed by atoms with Gasteiger partial charge in [0, 0.05) is 11.0 Å². The lowest BCUT2D eigenvalue weighted by Gasteiger charge is -2.14. The number of halogens is 1. The van der Waals surface area contributed by atoms with E-state index in [0.717, 1.165) is 30.2 Å². The van der Waals surface area contributed by atoms with Crippen molar-refractivity contribution >= 4 is 50.9 Å². The fourth-order valence-corrected chi connectivity index (χ4v) is 4.39. The Morgan fingerprint density at radius 3 is 2.45 bits per heavy atom. The number of nitrogens with zero attached hydrogens (tertiary/aromatic N) is 1. The predicted octanol–water partition coefficient (Wildman–Crippen LogP) is 5.96. The van der Waals surface area contributed by atoms with Crippen LogP contribution in [0.4, 0.5) is 4.79 Å².